The second kappa shape index (κ2) is 12.2. The van der Waals surface area contributed by atoms with Gasteiger partial charge in [0.25, 0.3) is 5.91 Å². The Balaban J connectivity index is 1.40. The van der Waals surface area contributed by atoms with Crippen LogP contribution in [0.4, 0.5) is 11.4 Å². The predicted octanol–water partition coefficient (Wildman–Crippen LogP) is 5.74. The van der Waals surface area contributed by atoms with Crippen molar-refractivity contribution >= 4 is 42.1 Å². The van der Waals surface area contributed by atoms with Gasteiger partial charge in [0, 0.05) is 45.2 Å². The predicted molar refractivity (Wildman–Crippen MR) is 169 cm³/mol. The van der Waals surface area contributed by atoms with E-state index in [4.69, 9.17) is 15.2 Å². The molecule has 0 saturated carbocycles. The van der Waals surface area contributed by atoms with Crippen molar-refractivity contribution < 1.29 is 9.53 Å². The second-order valence-electron chi connectivity index (χ2n) is 11.6. The first kappa shape index (κ1) is 29.0. The van der Waals surface area contributed by atoms with Gasteiger partial charge in [0.2, 0.25) is 0 Å². The highest BCUT2D eigenvalue weighted by molar-refractivity contribution is 6.76. The molecule has 0 fully saturated rings. The number of hydrogen-bond acceptors (Lipinski definition) is 6. The number of carbonyl (C=O) groups excluding carboxylic acids is 1. The first-order valence-electron chi connectivity index (χ1n) is 14.0. The van der Waals surface area contributed by atoms with Crippen molar-refractivity contribution in [2.24, 2.45) is 7.05 Å². The summed E-state index contributed by atoms with van der Waals surface area (Å²) in [4.78, 5) is 13.2. The number of hydrogen-bond donors (Lipinski definition) is 3. The summed E-state index contributed by atoms with van der Waals surface area (Å²) in [6.45, 7) is 10.2. The molecule has 218 valence electrons. The monoisotopic (exact) mass is 582 g/mol. The van der Waals surface area contributed by atoms with Crippen LogP contribution in [0, 0.1) is 12.3 Å². The number of fused-ring (bicyclic) bond motifs is 1. The maximum atomic E-state index is 13.2. The first-order chi connectivity index (χ1) is 20.1. The van der Waals surface area contributed by atoms with Crippen LogP contribution in [0.1, 0.15) is 27.4 Å². The Hall–Kier alpha value is -4.48. The molecule has 0 aliphatic heterocycles. The van der Waals surface area contributed by atoms with E-state index in [1.807, 2.05) is 85.6 Å². The van der Waals surface area contributed by atoms with Crippen molar-refractivity contribution in [3.05, 3.63) is 95.7 Å². The van der Waals surface area contributed by atoms with Crippen molar-refractivity contribution in [3.63, 3.8) is 0 Å². The number of para-hydroxylation sites is 1. The quantitative estimate of drug-likeness (QED) is 0.0795. The van der Waals surface area contributed by atoms with Gasteiger partial charge < -0.3 is 19.9 Å². The minimum atomic E-state index is -1.23. The Morgan fingerprint density at radius 3 is 2.50 bits per heavy atom. The Kier molecular flexibility index (Phi) is 8.41. The molecule has 11 heteroatoms. The number of carbonyl (C=O) groups is 1. The Labute approximate surface area is 246 Å². The number of anilines is 2. The zero-order valence-electron chi connectivity index (χ0n) is 24.8. The molecule has 3 heterocycles. The summed E-state index contributed by atoms with van der Waals surface area (Å²) in [5.41, 5.74) is 5.28. The van der Waals surface area contributed by atoms with E-state index in [0.29, 0.717) is 30.1 Å². The van der Waals surface area contributed by atoms with Crippen LogP contribution in [-0.2, 0) is 25.1 Å². The number of rotatable bonds is 11. The molecular weight excluding hydrogens is 544 g/mol. The van der Waals surface area contributed by atoms with E-state index >= 15 is 0 Å². The van der Waals surface area contributed by atoms with Crippen LogP contribution in [0.5, 0.6) is 0 Å². The smallest absolute Gasteiger partial charge is 0.253 e. The largest absolute Gasteiger partial charge is 0.360 e. The van der Waals surface area contributed by atoms with Gasteiger partial charge in [-0.25, -0.2) is 4.68 Å². The Bertz CT molecular complexity index is 1710. The van der Waals surface area contributed by atoms with Crippen molar-refractivity contribution in [2.75, 3.05) is 11.9 Å². The van der Waals surface area contributed by atoms with Crippen LogP contribution in [0.3, 0.4) is 0 Å². The van der Waals surface area contributed by atoms with Gasteiger partial charge in [-0.05, 0) is 61.5 Å². The molecule has 0 atom stereocenters. The molecule has 0 bridgehead atoms. The highest BCUT2D eigenvalue weighted by Crippen LogP contribution is 2.27. The minimum Gasteiger partial charge on any atom is -0.360 e. The van der Waals surface area contributed by atoms with Crippen molar-refractivity contribution in [3.8, 4) is 0 Å². The molecule has 3 aromatic heterocycles. The fourth-order valence-electron chi connectivity index (χ4n) is 4.70. The number of nitrogens with one attached hydrogen (secondary N) is 3. The van der Waals surface area contributed by atoms with E-state index in [2.05, 4.69) is 35.4 Å². The van der Waals surface area contributed by atoms with Gasteiger partial charge in [-0.3, -0.25) is 14.9 Å². The van der Waals surface area contributed by atoms with Gasteiger partial charge >= 0.3 is 0 Å². The minimum absolute atomic E-state index is 0.179. The van der Waals surface area contributed by atoms with Crippen LogP contribution < -0.4 is 10.6 Å². The van der Waals surface area contributed by atoms with Crippen LogP contribution in [0.15, 0.2) is 73.1 Å². The first-order valence-corrected chi connectivity index (χ1v) is 17.7. The van der Waals surface area contributed by atoms with Crippen molar-refractivity contribution in [1.29, 1.82) is 5.41 Å². The average molecular weight is 583 g/mol. The fraction of sp³-hybridized carbons (Fsp3) is 0.290. The molecule has 0 aliphatic rings. The van der Waals surface area contributed by atoms with E-state index < -0.39 is 8.07 Å². The van der Waals surface area contributed by atoms with E-state index in [1.54, 1.807) is 15.3 Å². The number of nitrogens with zero attached hydrogens (tertiary/aromatic N) is 5. The van der Waals surface area contributed by atoms with Crippen molar-refractivity contribution in [2.45, 2.75) is 45.9 Å². The van der Waals surface area contributed by atoms with E-state index in [9.17, 15) is 4.79 Å². The molecule has 0 saturated heterocycles. The molecule has 0 radical (unpaired) electrons. The lowest BCUT2D eigenvalue weighted by Crippen LogP contribution is -2.24. The van der Waals surface area contributed by atoms with Gasteiger partial charge in [0.15, 0.2) is 5.84 Å². The Morgan fingerprint density at radius 1 is 1.02 bits per heavy atom. The summed E-state index contributed by atoms with van der Waals surface area (Å²) in [5, 5.41) is 25.2. The maximum Gasteiger partial charge on any atom is 0.253 e. The lowest BCUT2D eigenvalue weighted by Gasteiger charge is -2.15. The summed E-state index contributed by atoms with van der Waals surface area (Å²) in [7, 11) is 0.637. The highest BCUT2D eigenvalue weighted by Gasteiger charge is 2.18. The van der Waals surface area contributed by atoms with Crippen LogP contribution in [0.2, 0.25) is 25.7 Å². The molecule has 0 spiro atoms. The van der Waals surface area contributed by atoms with Crippen LogP contribution in [-0.4, -0.2) is 50.6 Å². The third-order valence-electron chi connectivity index (χ3n) is 7.03. The van der Waals surface area contributed by atoms with Gasteiger partial charge in [-0.1, -0.05) is 31.8 Å². The summed E-state index contributed by atoms with van der Waals surface area (Å²) in [5.74, 6) is 0.110. The number of benzene rings is 2. The molecule has 5 aromatic rings. The zero-order chi connectivity index (χ0) is 29.9. The van der Waals surface area contributed by atoms with Gasteiger partial charge in [-0.2, -0.15) is 10.2 Å². The Morgan fingerprint density at radius 2 is 1.79 bits per heavy atom. The summed E-state index contributed by atoms with van der Waals surface area (Å²) < 4.78 is 11.4. The topological polar surface area (TPSA) is 115 Å². The van der Waals surface area contributed by atoms with Gasteiger partial charge in [0.1, 0.15) is 12.4 Å². The average Bonchev–Trinajstić information content (AvgIpc) is 3.68. The summed E-state index contributed by atoms with van der Waals surface area (Å²) in [6.07, 6.45) is 3.68. The second-order valence-corrected chi connectivity index (χ2v) is 17.2. The SMILES string of the molecule is Cc1cc(CNC(=O)c2ccccc2Nc2ccc3c(C(=N)n4cccc4)nn(COCC[Si](C)(C)C)c3c2)n(C)n1. The van der Waals surface area contributed by atoms with E-state index in [-0.39, 0.29) is 18.5 Å². The molecule has 2 aromatic carbocycles. The van der Waals surface area contributed by atoms with Crippen LogP contribution in [0.25, 0.3) is 10.9 Å². The molecule has 0 aliphatic carbocycles. The molecule has 3 N–H and O–H groups in total. The number of aromatic nitrogens is 5. The normalized spacial score (nSPS) is 11.6. The molecule has 10 nitrogen and oxygen atoms in total. The molecule has 5 rings (SSSR count). The summed E-state index contributed by atoms with van der Waals surface area (Å²) >= 11 is 0. The van der Waals surface area contributed by atoms with Crippen LogP contribution >= 0.6 is 0 Å². The number of aryl methyl sites for hydroxylation is 2. The lowest BCUT2D eigenvalue weighted by atomic mass is 10.1. The van der Waals surface area contributed by atoms with Crippen molar-refractivity contribution in [1.82, 2.24) is 29.4 Å². The summed E-state index contributed by atoms with van der Waals surface area (Å²) in [6, 6.07) is 20.1. The third kappa shape index (κ3) is 6.69. The standard InChI is InChI=1S/C31H38N8O2Si/c1-22-18-24(37(2)35-22)20-33-31(40)25-10-6-7-11-27(25)34-23-12-13-26-28(19-23)39(21-41-16-17-42(3,4)5)36-29(26)30(32)38-14-8-9-15-38/h6-15,18-19,32,34H,16-17,20-21H2,1-5H3,(H,33,40). The van der Waals surface area contributed by atoms with Gasteiger partial charge in [0.05, 0.1) is 34.7 Å². The molecule has 42 heavy (non-hydrogen) atoms. The maximum absolute atomic E-state index is 13.2. The zero-order valence-corrected chi connectivity index (χ0v) is 25.8. The number of ether oxygens (including phenoxy) is 1. The highest BCUT2D eigenvalue weighted by atomic mass is 28.3. The number of amides is 1. The molecule has 0 unspecified atom stereocenters. The van der Waals surface area contributed by atoms with Gasteiger partial charge in [-0.15, -0.1) is 0 Å². The molecule has 1 amide bonds. The molecular formula is C31H38N8O2Si. The lowest BCUT2D eigenvalue weighted by molar-refractivity contribution is 0.0816. The fourth-order valence-corrected chi connectivity index (χ4v) is 5.46. The van der Waals surface area contributed by atoms with E-state index in [1.165, 1.54) is 0 Å². The van der Waals surface area contributed by atoms with E-state index in [0.717, 1.165) is 34.0 Å². The third-order valence-corrected chi connectivity index (χ3v) is 8.73.